The number of rotatable bonds is 3. The maximum Gasteiger partial charge on any atom is 0.181 e. The molecule has 1 aromatic carbocycles. The first kappa shape index (κ1) is 10.3. The highest BCUT2D eigenvalue weighted by atomic mass is 16.1. The fraction of sp³-hybridized carbons (Fsp3) is 0.286. The average molecular weight is 226 g/mol. The molecule has 0 saturated heterocycles. The molecule has 1 unspecified atom stereocenters. The van der Waals surface area contributed by atoms with Crippen LogP contribution in [-0.4, -0.2) is 15.3 Å². The quantitative estimate of drug-likeness (QED) is 0.753. The summed E-state index contributed by atoms with van der Waals surface area (Å²) in [7, 11) is 1.86. The predicted molar refractivity (Wildman–Crippen MR) is 65.0 cm³/mol. The van der Waals surface area contributed by atoms with Crippen molar-refractivity contribution in [3.63, 3.8) is 0 Å². The van der Waals surface area contributed by atoms with Crippen molar-refractivity contribution in [3.05, 3.63) is 53.6 Å². The highest BCUT2D eigenvalue weighted by molar-refractivity contribution is 5.95. The second-order valence-electron chi connectivity index (χ2n) is 4.62. The summed E-state index contributed by atoms with van der Waals surface area (Å²) in [6, 6.07) is 8.36. The molecule has 0 aliphatic heterocycles. The summed E-state index contributed by atoms with van der Waals surface area (Å²) in [6.07, 6.45) is 4.94. The van der Waals surface area contributed by atoms with Crippen molar-refractivity contribution in [2.45, 2.75) is 18.8 Å². The second kappa shape index (κ2) is 3.84. The minimum absolute atomic E-state index is 0.185. The molecule has 1 atom stereocenters. The van der Waals surface area contributed by atoms with Gasteiger partial charge < -0.3 is 4.57 Å². The fourth-order valence-corrected chi connectivity index (χ4v) is 2.50. The van der Waals surface area contributed by atoms with Crippen LogP contribution in [-0.2, 0) is 13.5 Å². The van der Waals surface area contributed by atoms with Crippen LogP contribution < -0.4 is 0 Å². The number of aryl methyl sites for hydroxylation is 1. The molecule has 0 amide bonds. The van der Waals surface area contributed by atoms with E-state index < -0.39 is 0 Å². The second-order valence-corrected chi connectivity index (χ2v) is 4.62. The van der Waals surface area contributed by atoms with Gasteiger partial charge in [-0.25, -0.2) is 4.98 Å². The Balaban J connectivity index is 1.75. The fourth-order valence-electron chi connectivity index (χ4n) is 2.50. The van der Waals surface area contributed by atoms with Gasteiger partial charge in [-0.3, -0.25) is 4.79 Å². The number of fused-ring (bicyclic) bond motifs is 1. The lowest BCUT2D eigenvalue weighted by molar-refractivity contribution is 0.0962. The first-order valence-corrected chi connectivity index (χ1v) is 5.83. The summed E-state index contributed by atoms with van der Waals surface area (Å²) in [6.45, 7) is 0. The zero-order valence-corrected chi connectivity index (χ0v) is 9.76. The smallest absolute Gasteiger partial charge is 0.181 e. The predicted octanol–water partition coefficient (Wildman–Crippen LogP) is 2.33. The summed E-state index contributed by atoms with van der Waals surface area (Å²) in [5, 5.41) is 0. The van der Waals surface area contributed by atoms with Crippen LogP contribution in [0.3, 0.4) is 0 Å². The SMILES string of the molecule is Cn1cncc1C(=O)CC1Cc2ccccc21. The molecule has 0 spiro atoms. The molecular formula is C14H14N2O. The highest BCUT2D eigenvalue weighted by Crippen LogP contribution is 2.37. The lowest BCUT2D eigenvalue weighted by Gasteiger charge is -2.29. The van der Waals surface area contributed by atoms with E-state index in [0.717, 1.165) is 6.42 Å². The largest absolute Gasteiger partial charge is 0.331 e. The summed E-state index contributed by atoms with van der Waals surface area (Å²) >= 11 is 0. The first-order chi connectivity index (χ1) is 8.25. The number of carbonyl (C=O) groups is 1. The van der Waals surface area contributed by atoms with Crippen LogP contribution in [0.2, 0.25) is 0 Å². The molecule has 0 fully saturated rings. The molecule has 0 radical (unpaired) electrons. The molecule has 2 aromatic rings. The van der Waals surface area contributed by atoms with E-state index in [1.165, 1.54) is 11.1 Å². The molecule has 3 heteroatoms. The third-order valence-electron chi connectivity index (χ3n) is 3.50. The van der Waals surface area contributed by atoms with Crippen molar-refractivity contribution in [3.8, 4) is 0 Å². The standard InChI is InChI=1S/C14H14N2O/c1-16-9-15-8-13(16)14(17)7-11-6-10-4-2-3-5-12(10)11/h2-5,8-9,11H,6-7H2,1H3. The van der Waals surface area contributed by atoms with Gasteiger partial charge in [-0.15, -0.1) is 0 Å². The summed E-state index contributed by atoms with van der Waals surface area (Å²) in [5.41, 5.74) is 3.42. The van der Waals surface area contributed by atoms with Crippen molar-refractivity contribution in [1.82, 2.24) is 9.55 Å². The minimum atomic E-state index is 0.185. The van der Waals surface area contributed by atoms with Gasteiger partial charge in [0.05, 0.1) is 12.5 Å². The van der Waals surface area contributed by atoms with Crippen LogP contribution in [0.5, 0.6) is 0 Å². The molecule has 1 aromatic heterocycles. The number of aromatic nitrogens is 2. The molecule has 3 rings (SSSR count). The van der Waals surface area contributed by atoms with E-state index in [0.29, 0.717) is 18.0 Å². The lowest BCUT2D eigenvalue weighted by Crippen LogP contribution is -2.21. The average Bonchev–Trinajstić information content (AvgIpc) is 2.72. The van der Waals surface area contributed by atoms with Crippen LogP contribution in [0.25, 0.3) is 0 Å². The zero-order valence-electron chi connectivity index (χ0n) is 9.76. The van der Waals surface area contributed by atoms with Crippen LogP contribution in [0.4, 0.5) is 0 Å². The maximum absolute atomic E-state index is 12.1. The zero-order chi connectivity index (χ0) is 11.8. The number of imidazole rings is 1. The minimum Gasteiger partial charge on any atom is -0.331 e. The van der Waals surface area contributed by atoms with Gasteiger partial charge in [0.25, 0.3) is 0 Å². The number of carbonyl (C=O) groups excluding carboxylic acids is 1. The van der Waals surface area contributed by atoms with Gasteiger partial charge in [-0.2, -0.15) is 0 Å². The van der Waals surface area contributed by atoms with Crippen molar-refractivity contribution in [2.24, 2.45) is 7.05 Å². The van der Waals surface area contributed by atoms with E-state index in [4.69, 9.17) is 0 Å². The number of ketones is 1. The van der Waals surface area contributed by atoms with Gasteiger partial charge in [0.2, 0.25) is 0 Å². The van der Waals surface area contributed by atoms with E-state index in [9.17, 15) is 4.79 Å². The molecule has 0 bridgehead atoms. The normalized spacial score (nSPS) is 17.4. The lowest BCUT2D eigenvalue weighted by atomic mass is 9.75. The van der Waals surface area contributed by atoms with Gasteiger partial charge in [0, 0.05) is 13.5 Å². The Kier molecular flexibility index (Phi) is 2.32. The summed E-state index contributed by atoms with van der Waals surface area (Å²) < 4.78 is 1.78. The van der Waals surface area contributed by atoms with Crippen molar-refractivity contribution in [2.75, 3.05) is 0 Å². The monoisotopic (exact) mass is 226 g/mol. The van der Waals surface area contributed by atoms with E-state index in [1.807, 2.05) is 13.1 Å². The Bertz CT molecular complexity index is 571. The van der Waals surface area contributed by atoms with Gasteiger partial charge in [-0.1, -0.05) is 24.3 Å². The molecule has 1 heterocycles. The van der Waals surface area contributed by atoms with Crippen LogP contribution >= 0.6 is 0 Å². The number of hydrogen-bond donors (Lipinski definition) is 0. The molecule has 0 N–H and O–H groups in total. The Morgan fingerprint density at radius 2 is 2.29 bits per heavy atom. The number of Topliss-reactive ketones (excluding diaryl/α,β-unsaturated/α-hetero) is 1. The number of hydrogen-bond acceptors (Lipinski definition) is 2. The van der Waals surface area contributed by atoms with Crippen molar-refractivity contribution in [1.29, 1.82) is 0 Å². The van der Waals surface area contributed by atoms with E-state index in [-0.39, 0.29) is 5.78 Å². The molecule has 1 aliphatic rings. The van der Waals surface area contributed by atoms with Gasteiger partial charge >= 0.3 is 0 Å². The number of nitrogens with zero attached hydrogens (tertiary/aromatic N) is 2. The van der Waals surface area contributed by atoms with Gasteiger partial charge in [-0.05, 0) is 23.5 Å². The number of benzene rings is 1. The van der Waals surface area contributed by atoms with Crippen molar-refractivity contribution < 1.29 is 4.79 Å². The third kappa shape index (κ3) is 1.68. The van der Waals surface area contributed by atoms with Gasteiger partial charge in [0.1, 0.15) is 5.69 Å². The molecule has 86 valence electrons. The molecule has 3 nitrogen and oxygen atoms in total. The first-order valence-electron chi connectivity index (χ1n) is 5.83. The van der Waals surface area contributed by atoms with Crippen LogP contribution in [0.1, 0.15) is 34.0 Å². The van der Waals surface area contributed by atoms with Gasteiger partial charge in [0.15, 0.2) is 5.78 Å². The Morgan fingerprint density at radius 1 is 1.47 bits per heavy atom. The van der Waals surface area contributed by atoms with Crippen molar-refractivity contribution >= 4 is 5.78 Å². The molecular weight excluding hydrogens is 212 g/mol. The highest BCUT2D eigenvalue weighted by Gasteiger charge is 2.28. The maximum atomic E-state index is 12.1. The van der Waals surface area contributed by atoms with E-state index in [2.05, 4.69) is 23.2 Å². The molecule has 0 saturated carbocycles. The Hall–Kier alpha value is -1.90. The summed E-state index contributed by atoms with van der Waals surface area (Å²) in [5.74, 6) is 0.582. The van der Waals surface area contributed by atoms with E-state index in [1.54, 1.807) is 17.1 Å². The molecule has 1 aliphatic carbocycles. The van der Waals surface area contributed by atoms with E-state index >= 15 is 0 Å². The van der Waals surface area contributed by atoms with Crippen LogP contribution in [0.15, 0.2) is 36.8 Å². The topological polar surface area (TPSA) is 34.9 Å². The third-order valence-corrected chi connectivity index (χ3v) is 3.50. The Labute approximate surface area is 100 Å². The summed E-state index contributed by atoms with van der Waals surface area (Å²) in [4.78, 5) is 16.1. The van der Waals surface area contributed by atoms with Crippen LogP contribution in [0, 0.1) is 0 Å². The Morgan fingerprint density at radius 3 is 3.00 bits per heavy atom. The molecule has 17 heavy (non-hydrogen) atoms.